The Morgan fingerprint density at radius 1 is 0.605 bits per heavy atom. The van der Waals surface area contributed by atoms with Crippen LogP contribution in [0.1, 0.15) is 16.7 Å². The summed E-state index contributed by atoms with van der Waals surface area (Å²) < 4.78 is 34.6. The Kier molecular flexibility index (Phi) is 6.72. The van der Waals surface area contributed by atoms with Crippen molar-refractivity contribution in [1.82, 2.24) is 0 Å². The lowest BCUT2D eigenvalue weighted by molar-refractivity contribution is 0.175. The number of halogens is 2. The van der Waals surface area contributed by atoms with E-state index < -0.39 is 22.8 Å². The molecule has 182 valence electrons. The summed E-state index contributed by atoms with van der Waals surface area (Å²) in [4.78, 5) is 0. The molecule has 0 saturated carbocycles. The Morgan fingerprint density at radius 3 is 1.45 bits per heavy atom. The Hall–Kier alpha value is -5.19. The van der Waals surface area contributed by atoms with Gasteiger partial charge in [-0.2, -0.15) is 5.26 Å². The molecule has 0 aliphatic carbocycles. The quantitative estimate of drug-likeness (QED) is 0.222. The van der Waals surface area contributed by atoms with Crippen molar-refractivity contribution in [3.63, 3.8) is 0 Å². The third-order valence-electron chi connectivity index (χ3n) is 6.39. The maximum atomic E-state index is 14.1. The SMILES string of the molecule is C#CC(Oc1ccc(-c2ccc(-c3cc(F)c(C#N)c(F)c3)cc2)cc1)(c1ccccc1)c1ccccc1. The van der Waals surface area contributed by atoms with Crippen molar-refractivity contribution in [2.45, 2.75) is 5.60 Å². The summed E-state index contributed by atoms with van der Waals surface area (Å²) >= 11 is 0. The number of benzene rings is 5. The number of hydrogen-bond donors (Lipinski definition) is 0. The summed E-state index contributed by atoms with van der Waals surface area (Å²) in [6.45, 7) is 0. The zero-order valence-corrected chi connectivity index (χ0v) is 20.2. The van der Waals surface area contributed by atoms with Gasteiger partial charge in [0.1, 0.15) is 29.0 Å². The third kappa shape index (κ3) is 4.64. The molecule has 5 rings (SSSR count). The standard InChI is InChI=1S/C34H21F2NO/c1-2-34(28-9-5-3-6-10-28,29-11-7-4-8-12-29)38-30-19-17-25(18-20-30)24-13-15-26(16-14-24)27-21-32(35)31(23-37)33(36)22-27/h1,3-22H. The molecule has 0 aromatic heterocycles. The molecule has 0 atom stereocenters. The maximum absolute atomic E-state index is 14.1. The molecule has 0 amide bonds. The van der Waals surface area contributed by atoms with Crippen LogP contribution in [0.4, 0.5) is 8.78 Å². The number of nitrogens with zero attached hydrogens (tertiary/aromatic N) is 1. The fourth-order valence-electron chi connectivity index (χ4n) is 4.42. The topological polar surface area (TPSA) is 33.0 Å². The first kappa shape index (κ1) is 24.5. The number of hydrogen-bond acceptors (Lipinski definition) is 2. The van der Waals surface area contributed by atoms with Gasteiger partial charge in [-0.15, -0.1) is 6.42 Å². The van der Waals surface area contributed by atoms with E-state index in [1.165, 1.54) is 12.1 Å². The largest absolute Gasteiger partial charge is 0.466 e. The molecular formula is C34H21F2NO. The van der Waals surface area contributed by atoms with Crippen molar-refractivity contribution >= 4 is 0 Å². The summed E-state index contributed by atoms with van der Waals surface area (Å²) in [6.07, 6.45) is 6.10. The smallest absolute Gasteiger partial charge is 0.220 e. The lowest BCUT2D eigenvalue weighted by Crippen LogP contribution is -2.32. The second-order valence-electron chi connectivity index (χ2n) is 8.69. The molecule has 0 N–H and O–H groups in total. The van der Waals surface area contributed by atoms with Crippen molar-refractivity contribution in [1.29, 1.82) is 5.26 Å². The van der Waals surface area contributed by atoms with Gasteiger partial charge in [0, 0.05) is 11.1 Å². The van der Waals surface area contributed by atoms with Crippen LogP contribution in [0.5, 0.6) is 5.75 Å². The van der Waals surface area contributed by atoms with E-state index in [2.05, 4.69) is 5.92 Å². The Bertz CT molecular complexity index is 1580. The van der Waals surface area contributed by atoms with Gasteiger partial charge < -0.3 is 4.74 Å². The van der Waals surface area contributed by atoms with E-state index in [4.69, 9.17) is 16.4 Å². The molecule has 0 aliphatic heterocycles. The van der Waals surface area contributed by atoms with E-state index >= 15 is 0 Å². The van der Waals surface area contributed by atoms with E-state index in [1.807, 2.05) is 97.1 Å². The van der Waals surface area contributed by atoms with E-state index in [-0.39, 0.29) is 0 Å². The molecule has 5 aromatic rings. The minimum atomic E-state index is -1.10. The molecule has 0 aliphatic rings. The van der Waals surface area contributed by atoms with Gasteiger partial charge in [-0.1, -0.05) is 97.1 Å². The highest BCUT2D eigenvalue weighted by Gasteiger charge is 2.34. The van der Waals surface area contributed by atoms with Crippen LogP contribution in [-0.4, -0.2) is 0 Å². The average Bonchev–Trinajstić information content (AvgIpc) is 2.97. The molecule has 0 spiro atoms. The average molecular weight is 498 g/mol. The van der Waals surface area contributed by atoms with Crippen LogP contribution in [-0.2, 0) is 5.60 Å². The van der Waals surface area contributed by atoms with E-state index in [1.54, 1.807) is 18.2 Å². The first-order valence-electron chi connectivity index (χ1n) is 11.9. The second-order valence-corrected chi connectivity index (χ2v) is 8.69. The highest BCUT2D eigenvalue weighted by Crippen LogP contribution is 2.36. The van der Waals surface area contributed by atoms with Gasteiger partial charge in [0.15, 0.2) is 0 Å². The van der Waals surface area contributed by atoms with Gasteiger partial charge in [-0.05, 0) is 52.4 Å². The molecule has 0 fully saturated rings. The molecule has 5 aromatic carbocycles. The van der Waals surface area contributed by atoms with Crippen LogP contribution in [0.2, 0.25) is 0 Å². The van der Waals surface area contributed by atoms with Crippen LogP contribution in [0.15, 0.2) is 121 Å². The summed E-state index contributed by atoms with van der Waals surface area (Å²) in [5.41, 5.74) is 2.88. The Labute approximate surface area is 220 Å². The zero-order valence-electron chi connectivity index (χ0n) is 20.2. The molecule has 0 heterocycles. The molecule has 0 radical (unpaired) electrons. The molecule has 38 heavy (non-hydrogen) atoms. The predicted octanol–water partition coefficient (Wildman–Crippen LogP) is 8.13. The molecular weight excluding hydrogens is 476 g/mol. The van der Waals surface area contributed by atoms with Gasteiger partial charge in [0.2, 0.25) is 5.60 Å². The van der Waals surface area contributed by atoms with Gasteiger partial charge in [-0.3, -0.25) is 0 Å². The third-order valence-corrected chi connectivity index (χ3v) is 6.39. The zero-order chi connectivity index (χ0) is 26.5. The summed E-state index contributed by atoms with van der Waals surface area (Å²) in [6, 6.07) is 38.2. The van der Waals surface area contributed by atoms with Crippen LogP contribution < -0.4 is 4.74 Å². The van der Waals surface area contributed by atoms with Crippen LogP contribution in [0.25, 0.3) is 22.3 Å². The number of rotatable bonds is 6. The fraction of sp³-hybridized carbons (Fsp3) is 0.0294. The lowest BCUT2D eigenvalue weighted by atomic mass is 9.86. The van der Waals surface area contributed by atoms with Gasteiger partial charge in [0.25, 0.3) is 0 Å². The summed E-state index contributed by atoms with van der Waals surface area (Å²) in [7, 11) is 0. The van der Waals surface area contributed by atoms with E-state index in [0.29, 0.717) is 16.9 Å². The predicted molar refractivity (Wildman–Crippen MR) is 145 cm³/mol. The maximum Gasteiger partial charge on any atom is 0.220 e. The normalized spacial score (nSPS) is 10.8. The van der Waals surface area contributed by atoms with Crippen molar-refractivity contribution in [2.75, 3.05) is 0 Å². The number of terminal acetylenes is 1. The summed E-state index contributed by atoms with van der Waals surface area (Å²) in [5, 5.41) is 8.89. The van der Waals surface area contributed by atoms with Crippen LogP contribution >= 0.6 is 0 Å². The van der Waals surface area contributed by atoms with Crippen LogP contribution in [0, 0.1) is 35.3 Å². The fourth-order valence-corrected chi connectivity index (χ4v) is 4.42. The molecule has 0 bridgehead atoms. The van der Waals surface area contributed by atoms with Crippen molar-refractivity contribution < 1.29 is 13.5 Å². The van der Waals surface area contributed by atoms with Gasteiger partial charge in [0.05, 0.1) is 0 Å². The highest BCUT2D eigenvalue weighted by atomic mass is 19.1. The number of ether oxygens (including phenoxy) is 1. The first-order valence-corrected chi connectivity index (χ1v) is 11.9. The van der Waals surface area contributed by atoms with Crippen molar-refractivity contribution in [2.24, 2.45) is 0 Å². The monoisotopic (exact) mass is 497 g/mol. The molecule has 4 heteroatoms. The Balaban J connectivity index is 1.42. The minimum absolute atomic E-state index is 0.363. The Morgan fingerprint density at radius 2 is 1.03 bits per heavy atom. The summed E-state index contributed by atoms with van der Waals surface area (Å²) in [5.74, 6) is 1.74. The van der Waals surface area contributed by atoms with Crippen LogP contribution in [0.3, 0.4) is 0 Å². The molecule has 0 unspecified atom stereocenters. The second kappa shape index (κ2) is 10.4. The van der Waals surface area contributed by atoms with E-state index in [0.717, 1.165) is 22.3 Å². The highest BCUT2D eigenvalue weighted by molar-refractivity contribution is 5.71. The van der Waals surface area contributed by atoms with E-state index in [9.17, 15) is 8.78 Å². The van der Waals surface area contributed by atoms with Crippen molar-refractivity contribution in [3.8, 4) is 46.4 Å². The molecule has 2 nitrogen and oxygen atoms in total. The van der Waals surface area contributed by atoms with Gasteiger partial charge >= 0.3 is 0 Å². The first-order chi connectivity index (χ1) is 18.5. The molecule has 0 saturated heterocycles. The van der Waals surface area contributed by atoms with Crippen molar-refractivity contribution in [3.05, 3.63) is 150 Å². The van der Waals surface area contributed by atoms with Gasteiger partial charge in [-0.25, -0.2) is 8.78 Å². The minimum Gasteiger partial charge on any atom is -0.466 e. The number of nitriles is 1. The lowest BCUT2D eigenvalue weighted by Gasteiger charge is -2.30.